The van der Waals surface area contributed by atoms with Gasteiger partial charge in [-0.05, 0) is 80.5 Å². The highest BCUT2D eigenvalue weighted by Crippen LogP contribution is 2.55. The van der Waals surface area contributed by atoms with Gasteiger partial charge in [-0.15, -0.1) is 0 Å². The SMILES string of the molecule is C[C@@H]1CN(C(=O)[C@@H]2CC=CC3=C4C(=C4C(=O)NS(=O)(=O)N(C)C)Cn4c(cc5c(O)ccc(C6CCCCC6)c54)C32)C[C@H](C)N1C. The third-order valence-electron chi connectivity index (χ3n) is 11.2. The normalized spacial score (nSPS) is 27.0. The second kappa shape index (κ2) is 11.4. The lowest BCUT2D eigenvalue weighted by atomic mass is 9.75. The number of piperazine rings is 1. The van der Waals surface area contributed by atoms with Crippen molar-refractivity contribution in [1.29, 1.82) is 0 Å². The van der Waals surface area contributed by atoms with E-state index in [0.717, 1.165) is 63.3 Å². The molecule has 7 rings (SSSR count). The zero-order valence-electron chi connectivity index (χ0n) is 27.4. The Labute approximate surface area is 271 Å². The molecule has 3 aliphatic carbocycles. The van der Waals surface area contributed by atoms with E-state index in [1.807, 2.05) is 17.1 Å². The van der Waals surface area contributed by atoms with Gasteiger partial charge in [-0.2, -0.15) is 12.7 Å². The maximum atomic E-state index is 14.5. The lowest BCUT2D eigenvalue weighted by Gasteiger charge is -2.44. The van der Waals surface area contributed by atoms with Crippen molar-refractivity contribution >= 4 is 32.9 Å². The molecule has 0 radical (unpaired) electrons. The molecule has 0 spiro atoms. The predicted molar refractivity (Wildman–Crippen MR) is 177 cm³/mol. The molecule has 0 bridgehead atoms. The molecular weight excluding hydrogens is 602 g/mol. The van der Waals surface area contributed by atoms with Crippen LogP contribution in [0.2, 0.25) is 0 Å². The monoisotopic (exact) mass is 647 g/mol. The molecule has 3 heterocycles. The zero-order chi connectivity index (χ0) is 32.7. The lowest BCUT2D eigenvalue weighted by molar-refractivity contribution is -0.140. The molecule has 46 heavy (non-hydrogen) atoms. The third kappa shape index (κ3) is 5.02. The molecule has 1 saturated heterocycles. The van der Waals surface area contributed by atoms with E-state index >= 15 is 0 Å². The molecule has 2 aliphatic heterocycles. The first-order chi connectivity index (χ1) is 21.9. The number of likely N-dealkylation sites (N-methyl/N-ethyl adjacent to an activating group) is 1. The van der Waals surface area contributed by atoms with Crippen LogP contribution in [0, 0.1) is 5.92 Å². The molecule has 2 fully saturated rings. The summed E-state index contributed by atoms with van der Waals surface area (Å²) in [5, 5.41) is 12.0. The Bertz CT molecular complexity index is 1820. The summed E-state index contributed by atoms with van der Waals surface area (Å²) in [6.07, 6.45) is 10.3. The molecule has 4 atom stereocenters. The predicted octanol–water partition coefficient (Wildman–Crippen LogP) is 4.15. The number of phenolic OH excluding ortho intramolecular Hbond substituents is 1. The van der Waals surface area contributed by atoms with Crippen LogP contribution >= 0.6 is 0 Å². The Morgan fingerprint density at radius 1 is 1.04 bits per heavy atom. The van der Waals surface area contributed by atoms with Crippen molar-refractivity contribution in [1.82, 2.24) is 23.4 Å². The van der Waals surface area contributed by atoms with Crippen molar-refractivity contribution in [2.24, 2.45) is 5.92 Å². The van der Waals surface area contributed by atoms with E-state index in [4.69, 9.17) is 0 Å². The Morgan fingerprint density at radius 2 is 1.74 bits per heavy atom. The molecule has 2 amide bonds. The number of benzene rings is 1. The Balaban J connectivity index is 1.39. The van der Waals surface area contributed by atoms with Gasteiger partial charge in [-0.1, -0.05) is 37.5 Å². The van der Waals surface area contributed by atoms with Gasteiger partial charge in [0.15, 0.2) is 0 Å². The quantitative estimate of drug-likeness (QED) is 0.504. The van der Waals surface area contributed by atoms with Crippen molar-refractivity contribution in [2.75, 3.05) is 34.2 Å². The summed E-state index contributed by atoms with van der Waals surface area (Å²) in [6, 6.07) is 6.37. The van der Waals surface area contributed by atoms with Crippen LogP contribution in [-0.2, 0) is 26.3 Å². The number of amides is 2. The summed E-state index contributed by atoms with van der Waals surface area (Å²) in [4.78, 5) is 32.4. The van der Waals surface area contributed by atoms with Crippen molar-refractivity contribution in [3.05, 3.63) is 63.9 Å². The molecule has 1 aromatic heterocycles. The lowest BCUT2D eigenvalue weighted by Crippen LogP contribution is -2.57. The number of aromatic hydroxyl groups is 1. The second-order valence-electron chi connectivity index (χ2n) is 14.2. The molecule has 1 aromatic carbocycles. The summed E-state index contributed by atoms with van der Waals surface area (Å²) < 4.78 is 30.8. The average molecular weight is 648 g/mol. The summed E-state index contributed by atoms with van der Waals surface area (Å²) in [6.45, 7) is 5.97. The number of phenols is 1. The van der Waals surface area contributed by atoms with Crippen LogP contribution < -0.4 is 4.72 Å². The maximum Gasteiger partial charge on any atom is 0.303 e. The van der Waals surface area contributed by atoms with E-state index in [1.165, 1.54) is 26.1 Å². The van der Waals surface area contributed by atoms with Gasteiger partial charge in [-0.25, -0.2) is 4.72 Å². The van der Waals surface area contributed by atoms with Gasteiger partial charge in [0.1, 0.15) is 5.75 Å². The fourth-order valence-corrected chi connectivity index (χ4v) is 8.94. The minimum Gasteiger partial charge on any atom is -0.507 e. The molecule has 10 nitrogen and oxygen atoms in total. The van der Waals surface area contributed by atoms with Crippen LogP contribution in [0.15, 0.2) is 52.6 Å². The number of nitrogens with zero attached hydrogens (tertiary/aromatic N) is 4. The van der Waals surface area contributed by atoms with E-state index in [0.29, 0.717) is 37.5 Å². The molecule has 11 heteroatoms. The van der Waals surface area contributed by atoms with Crippen molar-refractivity contribution < 1.29 is 23.1 Å². The molecular formula is C35H45N5O5S. The van der Waals surface area contributed by atoms with E-state index in [1.54, 1.807) is 6.07 Å². The summed E-state index contributed by atoms with van der Waals surface area (Å²) in [5.74, 6) is -0.729. The number of allylic oxidation sites excluding steroid dienone is 4. The van der Waals surface area contributed by atoms with Gasteiger partial charge in [0.2, 0.25) is 5.91 Å². The fraction of sp³-hybridized carbons (Fsp3) is 0.543. The number of hydrogen-bond acceptors (Lipinski definition) is 6. The van der Waals surface area contributed by atoms with E-state index in [2.05, 4.69) is 47.2 Å². The number of carbonyl (C=O) groups is 2. The van der Waals surface area contributed by atoms with E-state index in [9.17, 15) is 23.1 Å². The third-order valence-corrected chi connectivity index (χ3v) is 12.6. The molecule has 246 valence electrons. The minimum absolute atomic E-state index is 0.0954. The number of nitrogens with one attached hydrogen (secondary N) is 1. The second-order valence-corrected chi connectivity index (χ2v) is 16.0. The van der Waals surface area contributed by atoms with Crippen LogP contribution in [0.1, 0.15) is 75.5 Å². The van der Waals surface area contributed by atoms with Crippen molar-refractivity contribution in [2.45, 2.75) is 82.8 Å². The highest BCUT2D eigenvalue weighted by atomic mass is 32.2. The van der Waals surface area contributed by atoms with E-state index < -0.39 is 22.0 Å². The van der Waals surface area contributed by atoms with Gasteiger partial charge in [-0.3, -0.25) is 14.5 Å². The highest BCUT2D eigenvalue weighted by Gasteiger charge is 2.48. The highest BCUT2D eigenvalue weighted by molar-refractivity contribution is 7.87. The smallest absolute Gasteiger partial charge is 0.303 e. The molecule has 5 aliphatic rings. The first-order valence-electron chi connectivity index (χ1n) is 16.6. The first kappa shape index (κ1) is 31.2. The minimum atomic E-state index is -3.99. The maximum absolute atomic E-state index is 14.5. The molecule has 2 N–H and O–H groups in total. The van der Waals surface area contributed by atoms with Gasteiger partial charge in [0.05, 0.1) is 17.0 Å². The molecule has 1 saturated carbocycles. The van der Waals surface area contributed by atoms with Gasteiger partial charge >= 0.3 is 10.2 Å². The van der Waals surface area contributed by atoms with Crippen LogP contribution in [0.5, 0.6) is 5.75 Å². The Kier molecular flexibility index (Phi) is 7.72. The van der Waals surface area contributed by atoms with Crippen molar-refractivity contribution in [3.63, 3.8) is 0 Å². The topological polar surface area (TPSA) is 115 Å². The number of carbonyl (C=O) groups excluding carboxylic acids is 2. The summed E-state index contributed by atoms with van der Waals surface area (Å²) in [5.41, 5.74) is 5.95. The van der Waals surface area contributed by atoms with Gasteiger partial charge in [0.25, 0.3) is 5.91 Å². The fourth-order valence-electron chi connectivity index (χ4n) is 8.42. The van der Waals surface area contributed by atoms with Crippen LogP contribution in [-0.4, -0.2) is 90.3 Å². The summed E-state index contributed by atoms with van der Waals surface area (Å²) >= 11 is 0. The van der Waals surface area contributed by atoms with Crippen LogP contribution in [0.4, 0.5) is 0 Å². The number of aromatic nitrogens is 1. The summed E-state index contributed by atoms with van der Waals surface area (Å²) in [7, 11) is 0.875. The number of fused-ring (bicyclic) bond motifs is 6. The largest absolute Gasteiger partial charge is 0.507 e. The average Bonchev–Trinajstić information content (AvgIpc) is 3.65. The number of hydrogen-bond donors (Lipinski definition) is 2. The zero-order valence-corrected chi connectivity index (χ0v) is 28.2. The Morgan fingerprint density at radius 3 is 2.41 bits per heavy atom. The van der Waals surface area contributed by atoms with E-state index in [-0.39, 0.29) is 29.7 Å². The van der Waals surface area contributed by atoms with Crippen molar-refractivity contribution in [3.8, 4) is 5.75 Å². The molecule has 2 aromatic rings. The first-order valence-corrected chi connectivity index (χ1v) is 18.1. The standard InChI is InChI=1S/C35H45N5O5S/c1-20-17-39(18-21(2)38(20)5)35(43)25-13-9-12-24-30(25)28-16-26-29(41)15-14-23(22-10-7-6-8-11-22)33(26)40(28)19-27-31(24)32(27)34(42)36-46(44,45)37(3)4/h9,12,14-16,20-22,25,30,41H,6-8,10-11,13,17-19H2,1-5H3,(H,36,42)/t20-,21+,25-,30?/m1/s1. The Hall–Kier alpha value is -3.41. The van der Waals surface area contributed by atoms with Crippen LogP contribution in [0.25, 0.3) is 10.9 Å². The van der Waals surface area contributed by atoms with Gasteiger partial charge < -0.3 is 14.6 Å². The number of rotatable bonds is 5. The molecule has 1 unspecified atom stereocenters. The van der Waals surface area contributed by atoms with Gasteiger partial charge in [0, 0.05) is 62.8 Å². The van der Waals surface area contributed by atoms with Crippen LogP contribution in [0.3, 0.4) is 0 Å².